The van der Waals surface area contributed by atoms with Gasteiger partial charge in [0, 0.05) is 31.4 Å². The smallest absolute Gasteiger partial charge is 0.318 e. The largest absolute Gasteiger partial charge is 0.337 e. The number of aromatic nitrogens is 3. The molecule has 7 nitrogen and oxygen atoms in total. The van der Waals surface area contributed by atoms with Crippen molar-refractivity contribution in [3.8, 4) is 0 Å². The van der Waals surface area contributed by atoms with E-state index in [1.165, 1.54) is 0 Å². The monoisotopic (exact) mass is 317 g/mol. The predicted octanol–water partition coefficient (Wildman–Crippen LogP) is 2.88. The highest BCUT2D eigenvalue weighted by atomic mass is 16.5. The van der Waals surface area contributed by atoms with E-state index < -0.39 is 0 Å². The number of carbonyl (C=O) groups excluding carboxylic acids is 1. The molecule has 2 heterocycles. The maximum atomic E-state index is 12.4. The third-order valence-corrected chi connectivity index (χ3v) is 3.48. The number of carbonyl (C=O) groups is 1. The van der Waals surface area contributed by atoms with E-state index in [1.54, 1.807) is 17.3 Å². The van der Waals surface area contributed by atoms with Crippen molar-refractivity contribution in [3.63, 3.8) is 0 Å². The van der Waals surface area contributed by atoms with Gasteiger partial charge in [-0.05, 0) is 31.5 Å². The summed E-state index contributed by atoms with van der Waals surface area (Å²) < 4.78 is 5.22. The first-order valence-electron chi connectivity index (χ1n) is 7.79. The van der Waals surface area contributed by atoms with Crippen molar-refractivity contribution in [1.29, 1.82) is 0 Å². The highest BCUT2D eigenvalue weighted by Gasteiger charge is 2.20. The number of pyridine rings is 1. The van der Waals surface area contributed by atoms with Crippen LogP contribution in [-0.4, -0.2) is 32.6 Å². The highest BCUT2D eigenvalue weighted by molar-refractivity contribution is 5.74. The molecule has 2 amide bonds. The number of nitrogens with zero attached hydrogens (tertiary/aromatic N) is 4. The zero-order chi connectivity index (χ0) is 16.8. The molecule has 0 bridgehead atoms. The van der Waals surface area contributed by atoms with Crippen LogP contribution in [0.25, 0.3) is 0 Å². The quantitative estimate of drug-likeness (QED) is 0.885. The lowest BCUT2D eigenvalue weighted by atomic mass is 10.2. The highest BCUT2D eigenvalue weighted by Crippen LogP contribution is 2.15. The van der Waals surface area contributed by atoms with Crippen LogP contribution in [0, 0.1) is 0 Å². The second-order valence-corrected chi connectivity index (χ2v) is 5.69. The van der Waals surface area contributed by atoms with Crippen LogP contribution in [-0.2, 0) is 6.54 Å². The Morgan fingerprint density at radius 2 is 2.00 bits per heavy atom. The van der Waals surface area contributed by atoms with E-state index in [9.17, 15) is 4.79 Å². The van der Waals surface area contributed by atoms with E-state index in [-0.39, 0.29) is 18.0 Å². The van der Waals surface area contributed by atoms with Crippen LogP contribution in [0.2, 0.25) is 0 Å². The van der Waals surface area contributed by atoms with Gasteiger partial charge in [0.15, 0.2) is 5.82 Å². The lowest BCUT2D eigenvalue weighted by Gasteiger charge is -2.23. The number of hydrogen-bond acceptors (Lipinski definition) is 5. The molecule has 0 saturated heterocycles. The molecule has 23 heavy (non-hydrogen) atoms. The molecule has 2 aromatic heterocycles. The summed E-state index contributed by atoms with van der Waals surface area (Å²) in [5.41, 5.74) is 1.03. The topological polar surface area (TPSA) is 84.2 Å². The molecule has 0 fully saturated rings. The Morgan fingerprint density at radius 1 is 1.30 bits per heavy atom. The Balaban J connectivity index is 1.97. The van der Waals surface area contributed by atoms with E-state index in [4.69, 9.17) is 4.52 Å². The summed E-state index contributed by atoms with van der Waals surface area (Å²) in [4.78, 5) is 22.4. The summed E-state index contributed by atoms with van der Waals surface area (Å²) in [5, 5.41) is 6.81. The van der Waals surface area contributed by atoms with Crippen molar-refractivity contribution in [2.75, 3.05) is 6.54 Å². The van der Waals surface area contributed by atoms with Gasteiger partial charge in [-0.25, -0.2) is 4.79 Å². The summed E-state index contributed by atoms with van der Waals surface area (Å²) in [7, 11) is 0. The Hall–Kier alpha value is -2.44. The number of amides is 2. The summed E-state index contributed by atoms with van der Waals surface area (Å²) in [6, 6.07) is 3.29. The lowest BCUT2D eigenvalue weighted by molar-refractivity contribution is 0.191. The number of urea groups is 1. The van der Waals surface area contributed by atoms with Crippen LogP contribution >= 0.6 is 0 Å². The van der Waals surface area contributed by atoms with Gasteiger partial charge < -0.3 is 14.7 Å². The molecule has 0 aliphatic carbocycles. The Morgan fingerprint density at radius 3 is 2.57 bits per heavy atom. The molecular formula is C16H23N5O2. The van der Waals surface area contributed by atoms with E-state index in [2.05, 4.69) is 20.4 Å². The van der Waals surface area contributed by atoms with Gasteiger partial charge in [-0.3, -0.25) is 4.98 Å². The molecule has 0 saturated carbocycles. The maximum absolute atomic E-state index is 12.4. The van der Waals surface area contributed by atoms with Crippen LogP contribution in [0.1, 0.15) is 56.9 Å². The summed E-state index contributed by atoms with van der Waals surface area (Å²) in [6.07, 6.45) is 3.44. The van der Waals surface area contributed by atoms with Crippen LogP contribution in [0.3, 0.4) is 0 Å². The molecule has 1 atom stereocenters. The molecule has 2 rings (SSSR count). The Kier molecular flexibility index (Phi) is 5.67. The van der Waals surface area contributed by atoms with E-state index >= 15 is 0 Å². The summed E-state index contributed by atoms with van der Waals surface area (Å²) in [5.74, 6) is 1.25. The van der Waals surface area contributed by atoms with Gasteiger partial charge in [0.05, 0.1) is 0 Å². The standard InChI is InChI=1S/C16H23N5O2/c1-5-21(10-13-6-8-17-9-7-13)16(22)18-12(4)15-19-14(11(2)3)20-23-15/h6-9,11-12H,5,10H2,1-4H3,(H,18,22)/t12-/m1/s1. The molecule has 0 unspecified atom stereocenters. The fraction of sp³-hybridized carbons (Fsp3) is 0.500. The number of rotatable bonds is 6. The van der Waals surface area contributed by atoms with Crippen LogP contribution in [0.15, 0.2) is 29.0 Å². The average Bonchev–Trinajstić information content (AvgIpc) is 3.03. The summed E-state index contributed by atoms with van der Waals surface area (Å²) >= 11 is 0. The Labute approximate surface area is 136 Å². The SMILES string of the molecule is CCN(Cc1ccncc1)C(=O)N[C@H](C)c1nc(C(C)C)no1. The van der Waals surface area contributed by atoms with Gasteiger partial charge in [0.25, 0.3) is 0 Å². The molecule has 7 heteroatoms. The first-order valence-corrected chi connectivity index (χ1v) is 7.79. The van der Waals surface area contributed by atoms with Gasteiger partial charge in [0.2, 0.25) is 5.89 Å². The van der Waals surface area contributed by atoms with E-state index in [0.717, 1.165) is 5.56 Å². The van der Waals surface area contributed by atoms with E-state index in [1.807, 2.05) is 39.8 Å². The van der Waals surface area contributed by atoms with Crippen LogP contribution in [0.4, 0.5) is 4.79 Å². The van der Waals surface area contributed by atoms with Crippen molar-refractivity contribution in [2.24, 2.45) is 0 Å². The minimum absolute atomic E-state index is 0.166. The Bertz CT molecular complexity index is 626. The third-order valence-electron chi connectivity index (χ3n) is 3.48. The molecule has 124 valence electrons. The van der Waals surface area contributed by atoms with Gasteiger partial charge in [-0.2, -0.15) is 4.98 Å². The lowest BCUT2D eigenvalue weighted by Crippen LogP contribution is -2.40. The second-order valence-electron chi connectivity index (χ2n) is 5.69. The van der Waals surface area contributed by atoms with Crippen molar-refractivity contribution in [1.82, 2.24) is 25.3 Å². The average molecular weight is 317 g/mol. The van der Waals surface area contributed by atoms with Gasteiger partial charge in [-0.1, -0.05) is 19.0 Å². The van der Waals surface area contributed by atoms with Crippen molar-refractivity contribution in [3.05, 3.63) is 41.8 Å². The minimum Gasteiger partial charge on any atom is -0.337 e. The van der Waals surface area contributed by atoms with Crippen molar-refractivity contribution < 1.29 is 9.32 Å². The first-order chi connectivity index (χ1) is 11.0. The maximum Gasteiger partial charge on any atom is 0.318 e. The molecule has 1 N–H and O–H groups in total. The fourth-order valence-corrected chi connectivity index (χ4v) is 2.03. The molecular weight excluding hydrogens is 294 g/mol. The van der Waals surface area contributed by atoms with Gasteiger partial charge >= 0.3 is 6.03 Å². The molecule has 0 aromatic carbocycles. The minimum atomic E-state index is -0.339. The van der Waals surface area contributed by atoms with Crippen LogP contribution < -0.4 is 5.32 Å². The zero-order valence-corrected chi connectivity index (χ0v) is 14.0. The molecule has 2 aromatic rings. The predicted molar refractivity (Wildman–Crippen MR) is 85.7 cm³/mol. The zero-order valence-electron chi connectivity index (χ0n) is 14.0. The van der Waals surface area contributed by atoms with Gasteiger partial charge in [0.1, 0.15) is 6.04 Å². The summed E-state index contributed by atoms with van der Waals surface area (Å²) in [6.45, 7) is 8.88. The van der Waals surface area contributed by atoms with Crippen LogP contribution in [0.5, 0.6) is 0 Å². The van der Waals surface area contributed by atoms with E-state index in [0.29, 0.717) is 24.8 Å². The molecule has 0 spiro atoms. The molecule has 0 aliphatic rings. The molecule has 0 radical (unpaired) electrons. The second kappa shape index (κ2) is 7.71. The fourth-order valence-electron chi connectivity index (χ4n) is 2.03. The first kappa shape index (κ1) is 16.9. The number of nitrogens with one attached hydrogen (secondary N) is 1. The van der Waals surface area contributed by atoms with Crippen molar-refractivity contribution in [2.45, 2.75) is 46.2 Å². The normalized spacial score (nSPS) is 12.2. The third kappa shape index (κ3) is 4.51. The molecule has 0 aliphatic heterocycles. The van der Waals surface area contributed by atoms with Crippen molar-refractivity contribution >= 4 is 6.03 Å². The number of hydrogen-bond donors (Lipinski definition) is 1. The van der Waals surface area contributed by atoms with Gasteiger partial charge in [-0.15, -0.1) is 0 Å².